The molecule has 0 aliphatic rings. The average Bonchev–Trinajstić information content (AvgIpc) is 1.99. The van der Waals surface area contributed by atoms with Gasteiger partial charge in [-0.3, -0.25) is 0 Å². The first-order valence-corrected chi connectivity index (χ1v) is 4.36. The maximum atomic E-state index is 10.7. The molecular formula is C9H18O4. The van der Waals surface area contributed by atoms with Gasteiger partial charge in [0, 0.05) is 7.11 Å². The monoisotopic (exact) mass is 190 g/mol. The van der Waals surface area contributed by atoms with Gasteiger partial charge in [-0.25, -0.2) is 4.79 Å². The lowest BCUT2D eigenvalue weighted by molar-refractivity contribution is -0.159. The van der Waals surface area contributed by atoms with Gasteiger partial charge in [-0.15, -0.1) is 0 Å². The molecule has 0 aromatic rings. The molecule has 0 aliphatic heterocycles. The molecule has 4 heteroatoms. The zero-order chi connectivity index (χ0) is 10.4. The molecule has 0 rings (SSSR count). The molecule has 2 atom stereocenters. The van der Waals surface area contributed by atoms with Crippen LogP contribution < -0.4 is 0 Å². The normalized spacial score (nSPS) is 15.8. The molecule has 13 heavy (non-hydrogen) atoms. The lowest BCUT2D eigenvalue weighted by atomic mass is 10.1. The van der Waals surface area contributed by atoms with E-state index in [2.05, 4.69) is 0 Å². The molecule has 0 saturated heterocycles. The first-order valence-electron chi connectivity index (χ1n) is 4.36. The fourth-order valence-electron chi connectivity index (χ4n) is 1.02. The lowest BCUT2D eigenvalue weighted by Gasteiger charge is -2.21. The summed E-state index contributed by atoms with van der Waals surface area (Å²) in [6.07, 6.45) is -0.932. The first kappa shape index (κ1) is 12.4. The molecule has 0 amide bonds. The van der Waals surface area contributed by atoms with E-state index in [-0.39, 0.29) is 12.0 Å². The van der Waals surface area contributed by atoms with Crippen LogP contribution >= 0.6 is 0 Å². The van der Waals surface area contributed by atoms with Crippen LogP contribution in [0.15, 0.2) is 0 Å². The zero-order valence-electron chi connectivity index (χ0n) is 8.61. The molecule has 0 heterocycles. The van der Waals surface area contributed by atoms with Crippen LogP contribution in [-0.4, -0.2) is 37.0 Å². The SMILES string of the molecule is COCC(C)OC(C(=O)O)C(C)C. The molecule has 1 N–H and O–H groups in total. The van der Waals surface area contributed by atoms with Gasteiger partial charge in [0.15, 0.2) is 6.10 Å². The van der Waals surface area contributed by atoms with Gasteiger partial charge in [0.1, 0.15) is 0 Å². The van der Waals surface area contributed by atoms with Gasteiger partial charge in [0.25, 0.3) is 0 Å². The highest BCUT2D eigenvalue weighted by molar-refractivity contribution is 5.72. The number of ether oxygens (including phenoxy) is 2. The fourth-order valence-corrected chi connectivity index (χ4v) is 1.02. The summed E-state index contributed by atoms with van der Waals surface area (Å²) in [5.41, 5.74) is 0. The Kier molecular flexibility index (Phi) is 5.66. The summed E-state index contributed by atoms with van der Waals surface area (Å²) >= 11 is 0. The third-order valence-corrected chi connectivity index (χ3v) is 1.63. The van der Waals surface area contributed by atoms with Crippen molar-refractivity contribution in [1.29, 1.82) is 0 Å². The van der Waals surface area contributed by atoms with E-state index in [0.717, 1.165) is 0 Å². The molecule has 78 valence electrons. The van der Waals surface area contributed by atoms with Crippen molar-refractivity contribution in [2.24, 2.45) is 5.92 Å². The summed E-state index contributed by atoms with van der Waals surface area (Å²) < 4.78 is 10.1. The Hall–Kier alpha value is -0.610. The second-order valence-corrected chi connectivity index (χ2v) is 3.40. The van der Waals surface area contributed by atoms with Crippen molar-refractivity contribution < 1.29 is 19.4 Å². The smallest absolute Gasteiger partial charge is 0.333 e. The second kappa shape index (κ2) is 5.94. The van der Waals surface area contributed by atoms with E-state index in [0.29, 0.717) is 6.61 Å². The van der Waals surface area contributed by atoms with E-state index in [1.807, 2.05) is 13.8 Å². The number of carboxylic acid groups (broad SMARTS) is 1. The minimum Gasteiger partial charge on any atom is -0.479 e. The maximum Gasteiger partial charge on any atom is 0.333 e. The number of hydrogen-bond donors (Lipinski definition) is 1. The summed E-state index contributed by atoms with van der Waals surface area (Å²) in [6, 6.07) is 0. The molecule has 0 aliphatic carbocycles. The van der Waals surface area contributed by atoms with E-state index in [1.165, 1.54) is 0 Å². The summed E-state index contributed by atoms with van der Waals surface area (Å²) in [5, 5.41) is 8.79. The molecule has 0 radical (unpaired) electrons. The van der Waals surface area contributed by atoms with Gasteiger partial charge in [-0.05, 0) is 12.8 Å². The third kappa shape index (κ3) is 4.85. The summed E-state index contributed by atoms with van der Waals surface area (Å²) in [7, 11) is 1.56. The highest BCUT2D eigenvalue weighted by Gasteiger charge is 2.24. The van der Waals surface area contributed by atoms with Crippen molar-refractivity contribution in [3.8, 4) is 0 Å². The van der Waals surface area contributed by atoms with Crippen LogP contribution in [0.1, 0.15) is 20.8 Å². The van der Waals surface area contributed by atoms with Gasteiger partial charge in [0.05, 0.1) is 12.7 Å². The second-order valence-electron chi connectivity index (χ2n) is 3.40. The van der Waals surface area contributed by atoms with Crippen LogP contribution in [0.25, 0.3) is 0 Å². The Labute approximate surface area is 78.8 Å². The minimum absolute atomic E-state index is 0.0307. The van der Waals surface area contributed by atoms with Crippen molar-refractivity contribution in [2.45, 2.75) is 33.0 Å². The molecule has 0 bridgehead atoms. The quantitative estimate of drug-likeness (QED) is 0.682. The van der Waals surface area contributed by atoms with Crippen LogP contribution in [0.2, 0.25) is 0 Å². The molecule has 0 spiro atoms. The van der Waals surface area contributed by atoms with E-state index < -0.39 is 12.1 Å². The molecule has 0 saturated carbocycles. The van der Waals surface area contributed by atoms with Crippen LogP contribution in [-0.2, 0) is 14.3 Å². The van der Waals surface area contributed by atoms with Gasteiger partial charge >= 0.3 is 5.97 Å². The Morgan fingerprint density at radius 3 is 2.23 bits per heavy atom. The third-order valence-electron chi connectivity index (χ3n) is 1.63. The molecule has 4 nitrogen and oxygen atoms in total. The topological polar surface area (TPSA) is 55.8 Å². The van der Waals surface area contributed by atoms with E-state index in [9.17, 15) is 4.79 Å². The van der Waals surface area contributed by atoms with E-state index in [1.54, 1.807) is 14.0 Å². The number of rotatable bonds is 6. The number of methoxy groups -OCH3 is 1. The van der Waals surface area contributed by atoms with Crippen molar-refractivity contribution in [1.82, 2.24) is 0 Å². The standard InChI is InChI=1S/C9H18O4/c1-6(2)8(9(10)11)13-7(3)5-12-4/h6-8H,5H2,1-4H3,(H,10,11). The van der Waals surface area contributed by atoms with E-state index >= 15 is 0 Å². The molecule has 0 aromatic heterocycles. The Morgan fingerprint density at radius 1 is 1.38 bits per heavy atom. The highest BCUT2D eigenvalue weighted by Crippen LogP contribution is 2.09. The molecular weight excluding hydrogens is 172 g/mol. The number of carboxylic acids is 1. The summed E-state index contributed by atoms with van der Waals surface area (Å²) in [4.78, 5) is 10.7. The van der Waals surface area contributed by atoms with Crippen molar-refractivity contribution in [3.05, 3.63) is 0 Å². The molecule has 0 fully saturated rings. The summed E-state index contributed by atoms with van der Waals surface area (Å²) in [5.74, 6) is -0.949. The van der Waals surface area contributed by atoms with Gasteiger partial charge in [-0.2, -0.15) is 0 Å². The predicted molar refractivity (Wildman–Crippen MR) is 48.7 cm³/mol. The van der Waals surface area contributed by atoms with Crippen molar-refractivity contribution >= 4 is 5.97 Å². The largest absolute Gasteiger partial charge is 0.479 e. The Morgan fingerprint density at radius 2 is 1.92 bits per heavy atom. The maximum absolute atomic E-state index is 10.7. The number of hydrogen-bond acceptors (Lipinski definition) is 3. The lowest BCUT2D eigenvalue weighted by Crippen LogP contribution is -2.34. The highest BCUT2D eigenvalue weighted by atomic mass is 16.5. The molecule has 0 aromatic carbocycles. The van der Waals surface area contributed by atoms with Crippen molar-refractivity contribution in [2.75, 3.05) is 13.7 Å². The fraction of sp³-hybridized carbons (Fsp3) is 0.889. The first-order chi connectivity index (χ1) is 5.99. The predicted octanol–water partition coefficient (Wildman–Crippen LogP) is 1.15. The number of aliphatic carboxylic acids is 1. The van der Waals surface area contributed by atoms with E-state index in [4.69, 9.17) is 14.6 Å². The van der Waals surface area contributed by atoms with Gasteiger partial charge in [0.2, 0.25) is 0 Å². The Bertz CT molecular complexity index is 156. The minimum atomic E-state index is -0.919. The van der Waals surface area contributed by atoms with Crippen LogP contribution in [0.5, 0.6) is 0 Å². The molecule has 2 unspecified atom stereocenters. The van der Waals surface area contributed by atoms with Gasteiger partial charge < -0.3 is 14.6 Å². The Balaban J connectivity index is 4.02. The van der Waals surface area contributed by atoms with Crippen LogP contribution in [0.3, 0.4) is 0 Å². The zero-order valence-corrected chi connectivity index (χ0v) is 8.61. The van der Waals surface area contributed by atoms with Crippen molar-refractivity contribution in [3.63, 3.8) is 0 Å². The van der Waals surface area contributed by atoms with Gasteiger partial charge in [-0.1, -0.05) is 13.8 Å². The summed E-state index contributed by atoms with van der Waals surface area (Å²) in [6.45, 7) is 5.84. The van der Waals surface area contributed by atoms with Crippen LogP contribution in [0, 0.1) is 5.92 Å². The average molecular weight is 190 g/mol. The number of carbonyl (C=O) groups is 1. The van der Waals surface area contributed by atoms with Crippen LogP contribution in [0.4, 0.5) is 0 Å².